The molecule has 1 aliphatic heterocycles. The normalized spacial score (nSPS) is 21.9. The van der Waals surface area contributed by atoms with E-state index < -0.39 is 28.9 Å². The first-order valence-corrected chi connectivity index (χ1v) is 6.01. The summed E-state index contributed by atoms with van der Waals surface area (Å²) >= 11 is 5.69. The van der Waals surface area contributed by atoms with Crippen LogP contribution in [0.3, 0.4) is 0 Å². The van der Waals surface area contributed by atoms with E-state index in [9.17, 15) is 14.0 Å². The van der Waals surface area contributed by atoms with E-state index in [0.29, 0.717) is 0 Å². The molecule has 0 fully saturated rings. The third-order valence-electron chi connectivity index (χ3n) is 2.89. The van der Waals surface area contributed by atoms with Crippen molar-refractivity contribution in [3.8, 4) is 0 Å². The van der Waals surface area contributed by atoms with Crippen LogP contribution in [0.4, 0.5) is 4.39 Å². The van der Waals surface area contributed by atoms with Gasteiger partial charge >= 0.3 is 5.97 Å². The molecular weight excluding hydrogens is 289 g/mol. The zero-order valence-corrected chi connectivity index (χ0v) is 11.5. The van der Waals surface area contributed by atoms with Crippen LogP contribution in [0, 0.1) is 5.82 Å². The maximum absolute atomic E-state index is 14.1. The first kappa shape index (κ1) is 14.3. The van der Waals surface area contributed by atoms with Crippen molar-refractivity contribution in [1.29, 1.82) is 0 Å². The van der Waals surface area contributed by atoms with Gasteiger partial charge < -0.3 is 15.2 Å². The molecule has 1 atom stereocenters. The highest BCUT2D eigenvalue weighted by molar-refractivity contribution is 6.30. The molecular formula is C13H11ClFNO4. The average Bonchev–Trinajstić information content (AvgIpc) is 2.57. The van der Waals surface area contributed by atoms with Crippen LogP contribution < -0.4 is 5.73 Å². The first-order chi connectivity index (χ1) is 9.27. The van der Waals surface area contributed by atoms with Crippen LogP contribution in [0.15, 0.2) is 29.8 Å². The predicted octanol–water partition coefficient (Wildman–Crippen LogP) is 1.98. The van der Waals surface area contributed by atoms with Gasteiger partial charge in [0.15, 0.2) is 0 Å². The third-order valence-corrected chi connectivity index (χ3v) is 3.18. The SMILES string of the molecule is CC(=O)OC1=C(N)OC(C)(c2cccc(Cl)c2F)C1=O. The summed E-state index contributed by atoms with van der Waals surface area (Å²) in [5, 5.41) is -0.153. The van der Waals surface area contributed by atoms with Crippen LogP contribution in [0.2, 0.25) is 5.02 Å². The first-order valence-electron chi connectivity index (χ1n) is 5.64. The zero-order valence-electron chi connectivity index (χ0n) is 10.7. The Kier molecular flexibility index (Phi) is 3.43. The molecule has 7 heteroatoms. The van der Waals surface area contributed by atoms with Gasteiger partial charge in [-0.3, -0.25) is 9.59 Å². The van der Waals surface area contributed by atoms with Crippen molar-refractivity contribution in [2.24, 2.45) is 5.73 Å². The van der Waals surface area contributed by atoms with Gasteiger partial charge in [-0.1, -0.05) is 23.7 Å². The molecule has 2 N–H and O–H groups in total. The summed E-state index contributed by atoms with van der Waals surface area (Å²) in [6.07, 6.45) is 0. The maximum Gasteiger partial charge on any atom is 0.308 e. The summed E-state index contributed by atoms with van der Waals surface area (Å²) < 4.78 is 24.0. The van der Waals surface area contributed by atoms with E-state index in [1.54, 1.807) is 0 Å². The number of hydrogen-bond acceptors (Lipinski definition) is 5. The molecule has 1 heterocycles. The van der Waals surface area contributed by atoms with Crippen LogP contribution in [0.25, 0.3) is 0 Å². The summed E-state index contributed by atoms with van der Waals surface area (Å²) in [7, 11) is 0. The number of ketones is 1. The standard InChI is InChI=1S/C13H11ClFNO4/c1-6(17)19-10-11(18)13(2,20-12(10)16)7-4-3-5-8(14)9(7)15/h3-5H,16H2,1-2H3. The van der Waals surface area contributed by atoms with Gasteiger partial charge in [0.2, 0.25) is 17.2 Å². The molecule has 0 bridgehead atoms. The van der Waals surface area contributed by atoms with Crippen molar-refractivity contribution < 1.29 is 23.5 Å². The van der Waals surface area contributed by atoms with Gasteiger partial charge in [0.1, 0.15) is 5.82 Å². The number of carbonyl (C=O) groups is 2. The Morgan fingerprint density at radius 3 is 2.75 bits per heavy atom. The van der Waals surface area contributed by atoms with Crippen molar-refractivity contribution in [2.75, 3.05) is 0 Å². The van der Waals surface area contributed by atoms with Crippen molar-refractivity contribution in [1.82, 2.24) is 0 Å². The van der Waals surface area contributed by atoms with Crippen molar-refractivity contribution in [3.63, 3.8) is 0 Å². The Labute approximate surface area is 119 Å². The van der Waals surface area contributed by atoms with E-state index in [1.807, 2.05) is 0 Å². The van der Waals surface area contributed by atoms with Crippen molar-refractivity contribution in [2.45, 2.75) is 19.4 Å². The van der Waals surface area contributed by atoms with Crippen LogP contribution in [-0.2, 0) is 24.7 Å². The highest BCUT2D eigenvalue weighted by atomic mass is 35.5. The Morgan fingerprint density at radius 1 is 1.50 bits per heavy atom. The molecule has 0 radical (unpaired) electrons. The average molecular weight is 300 g/mol. The molecule has 0 amide bonds. The van der Waals surface area contributed by atoms with E-state index in [0.717, 1.165) is 6.92 Å². The van der Waals surface area contributed by atoms with Crippen molar-refractivity contribution >= 4 is 23.4 Å². The number of benzene rings is 1. The number of rotatable bonds is 2. The minimum atomic E-state index is -1.72. The molecule has 1 unspecified atom stereocenters. The molecule has 106 valence electrons. The molecule has 1 aliphatic rings. The summed E-state index contributed by atoms with van der Waals surface area (Å²) in [6.45, 7) is 2.44. The topological polar surface area (TPSA) is 78.6 Å². The molecule has 2 rings (SSSR count). The molecule has 1 aromatic carbocycles. The van der Waals surface area contributed by atoms with E-state index in [-0.39, 0.29) is 16.5 Å². The molecule has 0 aliphatic carbocycles. The van der Waals surface area contributed by atoms with Crippen LogP contribution in [0.5, 0.6) is 0 Å². The molecule has 0 spiro atoms. The minimum absolute atomic E-state index is 0.0832. The van der Waals surface area contributed by atoms with E-state index in [4.69, 9.17) is 26.8 Å². The number of hydrogen-bond donors (Lipinski definition) is 1. The minimum Gasteiger partial charge on any atom is -0.457 e. The fourth-order valence-corrected chi connectivity index (χ4v) is 2.11. The highest BCUT2D eigenvalue weighted by Crippen LogP contribution is 2.39. The fraction of sp³-hybridized carbons (Fsp3) is 0.231. The lowest BCUT2D eigenvalue weighted by Crippen LogP contribution is -2.33. The van der Waals surface area contributed by atoms with E-state index >= 15 is 0 Å². The fourth-order valence-electron chi connectivity index (χ4n) is 1.93. The third kappa shape index (κ3) is 2.12. The summed E-state index contributed by atoms with van der Waals surface area (Å²) in [4.78, 5) is 23.2. The molecule has 0 aromatic heterocycles. The number of halogens is 2. The van der Waals surface area contributed by atoms with Gasteiger partial charge in [-0.05, 0) is 13.0 Å². The van der Waals surface area contributed by atoms with Gasteiger partial charge in [-0.2, -0.15) is 0 Å². The van der Waals surface area contributed by atoms with Crippen LogP contribution in [-0.4, -0.2) is 11.8 Å². The monoisotopic (exact) mass is 299 g/mol. The Bertz CT molecular complexity index is 643. The second-order valence-corrected chi connectivity index (χ2v) is 4.76. The van der Waals surface area contributed by atoms with Crippen molar-refractivity contribution in [3.05, 3.63) is 46.2 Å². The van der Waals surface area contributed by atoms with E-state index in [2.05, 4.69) is 0 Å². The predicted molar refractivity (Wildman–Crippen MR) is 67.8 cm³/mol. The largest absolute Gasteiger partial charge is 0.457 e. The lowest BCUT2D eigenvalue weighted by atomic mass is 9.91. The summed E-state index contributed by atoms with van der Waals surface area (Å²) in [5.41, 5.74) is 3.72. The number of Topliss-reactive ketones (excluding diaryl/α,β-unsaturated/α-hetero) is 1. The number of ether oxygens (including phenoxy) is 2. The van der Waals surface area contributed by atoms with Crippen LogP contribution in [0.1, 0.15) is 19.4 Å². The summed E-state index contributed by atoms with van der Waals surface area (Å²) in [5.74, 6) is -3.06. The molecule has 0 saturated carbocycles. The Hall–Kier alpha value is -2.08. The maximum atomic E-state index is 14.1. The molecule has 0 saturated heterocycles. The Morgan fingerprint density at radius 2 is 2.15 bits per heavy atom. The lowest BCUT2D eigenvalue weighted by molar-refractivity contribution is -0.142. The van der Waals surface area contributed by atoms with E-state index in [1.165, 1.54) is 25.1 Å². The summed E-state index contributed by atoms with van der Waals surface area (Å²) in [6, 6.07) is 4.17. The smallest absolute Gasteiger partial charge is 0.308 e. The Balaban J connectivity index is 2.47. The van der Waals surface area contributed by atoms with Gasteiger partial charge in [-0.25, -0.2) is 4.39 Å². The van der Waals surface area contributed by atoms with Crippen LogP contribution >= 0.6 is 11.6 Å². The molecule has 1 aromatic rings. The second kappa shape index (κ2) is 4.79. The number of nitrogens with two attached hydrogens (primary N) is 1. The number of esters is 1. The van der Waals surface area contributed by atoms with Gasteiger partial charge in [0, 0.05) is 12.5 Å². The zero-order chi connectivity index (χ0) is 15.1. The molecule has 20 heavy (non-hydrogen) atoms. The quantitative estimate of drug-likeness (QED) is 0.845. The number of carbonyl (C=O) groups excluding carboxylic acids is 2. The van der Waals surface area contributed by atoms with Gasteiger partial charge in [0.25, 0.3) is 5.78 Å². The second-order valence-electron chi connectivity index (χ2n) is 4.35. The lowest BCUT2D eigenvalue weighted by Gasteiger charge is -2.23. The molecule has 5 nitrogen and oxygen atoms in total. The van der Waals surface area contributed by atoms with Gasteiger partial charge in [0.05, 0.1) is 5.02 Å². The highest BCUT2D eigenvalue weighted by Gasteiger charge is 2.50. The van der Waals surface area contributed by atoms with Gasteiger partial charge in [-0.15, -0.1) is 0 Å².